The van der Waals surface area contributed by atoms with Crippen LogP contribution in [0.2, 0.25) is 0 Å². The molecule has 1 aromatic heterocycles. The summed E-state index contributed by atoms with van der Waals surface area (Å²) in [7, 11) is 0. The van der Waals surface area contributed by atoms with Gasteiger partial charge in [0.05, 0.1) is 0 Å². The molecule has 1 saturated heterocycles. The molecule has 2 unspecified atom stereocenters. The van der Waals surface area contributed by atoms with Crippen molar-refractivity contribution in [1.82, 2.24) is 14.8 Å². The smallest absolute Gasteiger partial charge is 0.250 e. The Hall–Kier alpha value is -1.13. The Bertz CT molecular complexity index is 511. The molecule has 0 aromatic carbocycles. The van der Waals surface area contributed by atoms with Gasteiger partial charge in [0.15, 0.2) is 0 Å². The second-order valence-corrected chi connectivity index (χ2v) is 6.76. The Morgan fingerprint density at radius 1 is 1.38 bits per heavy atom. The topological polar surface area (TPSA) is 37.3 Å². The van der Waals surface area contributed by atoms with E-state index in [1.807, 2.05) is 16.8 Å². The van der Waals surface area contributed by atoms with Gasteiger partial charge in [0.1, 0.15) is 0 Å². The lowest BCUT2D eigenvalue weighted by Crippen LogP contribution is -2.64. The van der Waals surface area contributed by atoms with Gasteiger partial charge in [-0.3, -0.25) is 9.69 Å². The summed E-state index contributed by atoms with van der Waals surface area (Å²) >= 11 is 0. The molecule has 21 heavy (non-hydrogen) atoms. The van der Waals surface area contributed by atoms with E-state index in [0.29, 0.717) is 12.0 Å². The van der Waals surface area contributed by atoms with Gasteiger partial charge < -0.3 is 9.88 Å². The molecule has 2 rings (SSSR count). The van der Waals surface area contributed by atoms with Gasteiger partial charge in [0.2, 0.25) is 0 Å². The number of piperazine rings is 1. The van der Waals surface area contributed by atoms with Gasteiger partial charge in [0, 0.05) is 50.0 Å². The summed E-state index contributed by atoms with van der Waals surface area (Å²) in [5.74, 6) is 0.633. The molecule has 0 spiro atoms. The monoisotopic (exact) mass is 291 g/mol. The fraction of sp³-hybridized carbons (Fsp3) is 0.706. The molecule has 2 heterocycles. The second-order valence-electron chi connectivity index (χ2n) is 6.76. The van der Waals surface area contributed by atoms with Crippen LogP contribution in [-0.4, -0.2) is 40.7 Å². The van der Waals surface area contributed by atoms with Crippen LogP contribution in [0.15, 0.2) is 29.2 Å². The zero-order valence-electron chi connectivity index (χ0n) is 13.8. The maximum atomic E-state index is 11.8. The largest absolute Gasteiger partial charge is 0.314 e. The zero-order chi connectivity index (χ0) is 15.5. The maximum Gasteiger partial charge on any atom is 0.250 e. The predicted octanol–water partition coefficient (Wildman–Crippen LogP) is 1.95. The molecule has 0 bridgehead atoms. The molecule has 4 heteroatoms. The molecule has 1 aromatic rings. The van der Waals surface area contributed by atoms with Crippen molar-refractivity contribution in [3.63, 3.8) is 0 Å². The number of rotatable bonds is 5. The number of nitrogens with one attached hydrogen (secondary N) is 1. The summed E-state index contributed by atoms with van der Waals surface area (Å²) in [6.45, 7) is 12.9. The maximum absolute atomic E-state index is 11.8. The molecule has 0 radical (unpaired) electrons. The van der Waals surface area contributed by atoms with Crippen LogP contribution in [0.1, 0.15) is 34.1 Å². The Morgan fingerprint density at radius 2 is 2.14 bits per heavy atom. The number of pyridine rings is 1. The first-order valence-electron chi connectivity index (χ1n) is 8.10. The first kappa shape index (κ1) is 16.2. The van der Waals surface area contributed by atoms with Crippen molar-refractivity contribution in [1.29, 1.82) is 0 Å². The highest BCUT2D eigenvalue weighted by Crippen LogP contribution is 2.24. The Morgan fingerprint density at radius 3 is 2.76 bits per heavy atom. The van der Waals surface area contributed by atoms with E-state index >= 15 is 0 Å². The summed E-state index contributed by atoms with van der Waals surface area (Å²) in [5, 5.41) is 3.69. The first-order chi connectivity index (χ1) is 9.96. The number of aromatic nitrogens is 1. The van der Waals surface area contributed by atoms with Gasteiger partial charge in [0.25, 0.3) is 5.56 Å². The van der Waals surface area contributed by atoms with Gasteiger partial charge >= 0.3 is 0 Å². The van der Waals surface area contributed by atoms with E-state index in [4.69, 9.17) is 0 Å². The van der Waals surface area contributed by atoms with E-state index in [0.717, 1.165) is 32.6 Å². The molecule has 0 aliphatic carbocycles. The van der Waals surface area contributed by atoms with E-state index in [-0.39, 0.29) is 11.1 Å². The fourth-order valence-corrected chi connectivity index (χ4v) is 3.02. The van der Waals surface area contributed by atoms with Crippen LogP contribution in [-0.2, 0) is 6.54 Å². The highest BCUT2D eigenvalue weighted by Gasteiger charge is 2.36. The van der Waals surface area contributed by atoms with Crippen LogP contribution in [0, 0.1) is 5.92 Å². The highest BCUT2D eigenvalue weighted by molar-refractivity contribution is 4.97. The van der Waals surface area contributed by atoms with Crippen molar-refractivity contribution in [2.45, 2.75) is 52.2 Å². The van der Waals surface area contributed by atoms with Crippen molar-refractivity contribution in [3.8, 4) is 0 Å². The van der Waals surface area contributed by atoms with Crippen molar-refractivity contribution in [3.05, 3.63) is 34.7 Å². The molecular formula is C17H29N3O. The minimum atomic E-state index is 0.0891. The van der Waals surface area contributed by atoms with Gasteiger partial charge in [-0.1, -0.05) is 26.8 Å². The van der Waals surface area contributed by atoms with E-state index in [1.165, 1.54) is 0 Å². The van der Waals surface area contributed by atoms with Gasteiger partial charge in [-0.25, -0.2) is 0 Å². The van der Waals surface area contributed by atoms with Crippen LogP contribution in [0.4, 0.5) is 0 Å². The highest BCUT2D eigenvalue weighted by atomic mass is 16.1. The SMILES string of the molecule is CCC1(C)CNC(C(C)C)CN1CCn1ccccc1=O. The first-order valence-corrected chi connectivity index (χ1v) is 8.10. The molecule has 1 aliphatic heterocycles. The zero-order valence-corrected chi connectivity index (χ0v) is 13.8. The molecule has 1 aliphatic rings. The fourth-order valence-electron chi connectivity index (χ4n) is 3.02. The minimum absolute atomic E-state index is 0.0891. The second kappa shape index (κ2) is 6.75. The number of hydrogen-bond donors (Lipinski definition) is 1. The van der Waals surface area contributed by atoms with E-state index < -0.39 is 0 Å². The summed E-state index contributed by atoms with van der Waals surface area (Å²) in [6, 6.07) is 5.90. The third-order valence-corrected chi connectivity index (χ3v) is 5.00. The average Bonchev–Trinajstić information content (AvgIpc) is 2.47. The van der Waals surface area contributed by atoms with E-state index in [2.05, 4.69) is 37.9 Å². The number of hydrogen-bond acceptors (Lipinski definition) is 3. The van der Waals surface area contributed by atoms with Crippen LogP contribution in [0.25, 0.3) is 0 Å². The number of nitrogens with zero attached hydrogens (tertiary/aromatic N) is 2. The van der Waals surface area contributed by atoms with Crippen LogP contribution < -0.4 is 10.9 Å². The predicted molar refractivity (Wildman–Crippen MR) is 87.6 cm³/mol. The molecule has 4 nitrogen and oxygen atoms in total. The summed E-state index contributed by atoms with van der Waals surface area (Å²) in [6.07, 6.45) is 3.00. The lowest BCUT2D eigenvalue weighted by Gasteiger charge is -2.49. The van der Waals surface area contributed by atoms with Crippen molar-refractivity contribution < 1.29 is 0 Å². The van der Waals surface area contributed by atoms with Crippen LogP contribution >= 0.6 is 0 Å². The van der Waals surface area contributed by atoms with Gasteiger partial charge in [-0.05, 0) is 25.3 Å². The van der Waals surface area contributed by atoms with Gasteiger partial charge in [-0.2, -0.15) is 0 Å². The normalized spacial score (nSPS) is 27.2. The van der Waals surface area contributed by atoms with Crippen molar-refractivity contribution in [2.24, 2.45) is 5.92 Å². The van der Waals surface area contributed by atoms with Gasteiger partial charge in [-0.15, -0.1) is 0 Å². The van der Waals surface area contributed by atoms with Crippen LogP contribution in [0.5, 0.6) is 0 Å². The molecule has 1 N–H and O–H groups in total. The summed E-state index contributed by atoms with van der Waals surface area (Å²) < 4.78 is 1.81. The van der Waals surface area contributed by atoms with E-state index in [1.54, 1.807) is 12.1 Å². The third-order valence-electron chi connectivity index (χ3n) is 5.00. The van der Waals surface area contributed by atoms with E-state index in [9.17, 15) is 4.79 Å². The Kier molecular flexibility index (Phi) is 5.22. The Balaban J connectivity index is 2.07. The van der Waals surface area contributed by atoms with Crippen molar-refractivity contribution in [2.75, 3.05) is 19.6 Å². The molecule has 1 fully saturated rings. The molecule has 118 valence electrons. The summed E-state index contributed by atoms with van der Waals surface area (Å²) in [5.41, 5.74) is 0.273. The lowest BCUT2D eigenvalue weighted by molar-refractivity contribution is 0.0356. The quantitative estimate of drug-likeness (QED) is 0.901. The lowest BCUT2D eigenvalue weighted by atomic mass is 9.89. The van der Waals surface area contributed by atoms with Crippen LogP contribution in [0.3, 0.4) is 0 Å². The average molecular weight is 291 g/mol. The Labute approximate surface area is 128 Å². The molecule has 0 amide bonds. The van der Waals surface area contributed by atoms with Crippen molar-refractivity contribution >= 4 is 0 Å². The summed E-state index contributed by atoms with van der Waals surface area (Å²) in [4.78, 5) is 14.4. The molecular weight excluding hydrogens is 262 g/mol. The third kappa shape index (κ3) is 3.74. The minimum Gasteiger partial charge on any atom is -0.314 e. The molecule has 2 atom stereocenters. The standard InChI is InChI=1S/C17H29N3O/c1-5-17(4)13-18-15(14(2)3)12-20(17)11-10-19-9-7-6-8-16(19)21/h6-9,14-15,18H,5,10-13H2,1-4H3. The molecule has 0 saturated carbocycles.